The summed E-state index contributed by atoms with van der Waals surface area (Å²) < 4.78 is 0. The van der Waals surface area contributed by atoms with Crippen molar-refractivity contribution in [1.82, 2.24) is 0 Å². The maximum atomic E-state index is 4.96. The molecule has 0 fully saturated rings. The van der Waals surface area contributed by atoms with E-state index < -0.39 is 0 Å². The summed E-state index contributed by atoms with van der Waals surface area (Å²) in [5.74, 6) is 0.627. The number of benzene rings is 2. The van der Waals surface area contributed by atoms with Gasteiger partial charge in [0.2, 0.25) is 0 Å². The van der Waals surface area contributed by atoms with Crippen LogP contribution in [0, 0.1) is 26.7 Å². The topological polar surface area (TPSA) is 15.6 Å². The molecule has 1 heterocycles. The molecule has 1 aliphatic heterocycles. The van der Waals surface area contributed by atoms with Crippen LogP contribution < -0.4 is 4.90 Å². The number of hydrogen-bond acceptors (Lipinski definition) is 2. The van der Waals surface area contributed by atoms with Crippen molar-refractivity contribution in [3.05, 3.63) is 58.1 Å². The van der Waals surface area contributed by atoms with E-state index in [1.54, 1.807) is 0 Å². The summed E-state index contributed by atoms with van der Waals surface area (Å²) in [4.78, 5) is 7.35. The Morgan fingerprint density at radius 3 is 2.52 bits per heavy atom. The smallest absolute Gasteiger partial charge is 0.0979 e. The van der Waals surface area contributed by atoms with Crippen molar-refractivity contribution in [2.45, 2.75) is 53.5 Å². The fourth-order valence-corrected chi connectivity index (χ4v) is 3.94. The van der Waals surface area contributed by atoms with Crippen LogP contribution in [0.4, 0.5) is 11.4 Å². The lowest BCUT2D eigenvalue weighted by molar-refractivity contribution is 0.617. The van der Waals surface area contributed by atoms with E-state index in [9.17, 15) is 0 Å². The van der Waals surface area contributed by atoms with Gasteiger partial charge >= 0.3 is 0 Å². The third kappa shape index (κ3) is 2.99. The quantitative estimate of drug-likeness (QED) is 0.684. The minimum atomic E-state index is -0.232. The summed E-state index contributed by atoms with van der Waals surface area (Å²) in [6, 6.07) is 11.2. The van der Waals surface area contributed by atoms with Gasteiger partial charge in [-0.2, -0.15) is 0 Å². The second-order valence-corrected chi connectivity index (χ2v) is 8.10. The van der Waals surface area contributed by atoms with Gasteiger partial charge in [0.1, 0.15) is 0 Å². The molecule has 1 aliphatic rings. The van der Waals surface area contributed by atoms with Crippen molar-refractivity contribution in [3.63, 3.8) is 0 Å². The number of aliphatic imine (C=N–C) groups is 1. The van der Waals surface area contributed by atoms with E-state index in [-0.39, 0.29) is 5.54 Å². The highest BCUT2D eigenvalue weighted by Crippen LogP contribution is 2.43. The van der Waals surface area contributed by atoms with Gasteiger partial charge in [-0.25, -0.2) is 0 Å². The summed E-state index contributed by atoms with van der Waals surface area (Å²) in [7, 11) is 2.19. The molecule has 0 bridgehead atoms. The number of para-hydroxylation sites is 1. The monoisotopic (exact) mass is 334 g/mol. The zero-order valence-corrected chi connectivity index (χ0v) is 16.6. The van der Waals surface area contributed by atoms with Crippen molar-refractivity contribution >= 4 is 17.6 Å². The third-order valence-corrected chi connectivity index (χ3v) is 5.59. The molecule has 0 radical (unpaired) electrons. The van der Waals surface area contributed by atoms with Crippen molar-refractivity contribution in [2.24, 2.45) is 10.9 Å². The second-order valence-electron chi connectivity index (χ2n) is 8.10. The molecule has 2 aromatic rings. The van der Waals surface area contributed by atoms with Crippen LogP contribution in [0.5, 0.6) is 0 Å². The fraction of sp³-hybridized carbons (Fsp3) is 0.435. The molecule has 25 heavy (non-hydrogen) atoms. The summed E-state index contributed by atoms with van der Waals surface area (Å²) >= 11 is 0. The van der Waals surface area contributed by atoms with E-state index in [0.29, 0.717) is 5.92 Å². The summed E-state index contributed by atoms with van der Waals surface area (Å²) in [6.07, 6.45) is 3.20. The standard InChI is InChI=1S/C23H30N2/c1-15(2)11-19-9-8-10-21-22(19)24-14-23(6,25(21)7)20-13-16(3)12-17(4)18(20)5/h8-10,12-15H,11H2,1-7H3. The first-order chi connectivity index (χ1) is 11.7. The molecule has 0 spiro atoms. The summed E-state index contributed by atoms with van der Waals surface area (Å²) in [5, 5.41) is 0. The average molecular weight is 335 g/mol. The zero-order chi connectivity index (χ0) is 18.4. The molecule has 132 valence electrons. The molecule has 0 aromatic heterocycles. The first-order valence-corrected chi connectivity index (χ1v) is 9.23. The minimum Gasteiger partial charge on any atom is -0.358 e. The van der Waals surface area contributed by atoms with Crippen LogP contribution in [-0.2, 0) is 12.0 Å². The van der Waals surface area contributed by atoms with E-state index in [1.165, 1.54) is 33.5 Å². The molecule has 1 atom stereocenters. The van der Waals surface area contributed by atoms with E-state index >= 15 is 0 Å². The first kappa shape index (κ1) is 17.7. The molecule has 0 saturated carbocycles. The lowest BCUT2D eigenvalue weighted by atomic mass is 9.83. The SMILES string of the molecule is Cc1cc(C)c(C)c(C2(C)C=Nc3c(CC(C)C)cccc3N2C)c1. The van der Waals surface area contributed by atoms with Gasteiger partial charge < -0.3 is 4.90 Å². The van der Waals surface area contributed by atoms with Gasteiger partial charge in [0, 0.05) is 13.3 Å². The lowest BCUT2D eigenvalue weighted by Gasteiger charge is -2.42. The van der Waals surface area contributed by atoms with Crippen LogP contribution in [-0.4, -0.2) is 13.3 Å². The Hall–Kier alpha value is -2.09. The largest absolute Gasteiger partial charge is 0.358 e. The molecule has 0 saturated heterocycles. The molecule has 2 nitrogen and oxygen atoms in total. The van der Waals surface area contributed by atoms with E-state index in [0.717, 1.165) is 12.1 Å². The Balaban J connectivity index is 2.14. The van der Waals surface area contributed by atoms with Gasteiger partial charge in [-0.05, 0) is 68.4 Å². The Bertz CT molecular complexity index is 832. The Morgan fingerprint density at radius 1 is 1.12 bits per heavy atom. The number of rotatable bonds is 3. The maximum Gasteiger partial charge on any atom is 0.0979 e. The van der Waals surface area contributed by atoms with Gasteiger partial charge in [-0.1, -0.05) is 43.7 Å². The molecule has 0 N–H and O–H groups in total. The molecular formula is C23H30N2. The summed E-state index contributed by atoms with van der Waals surface area (Å²) in [5.41, 5.74) is 8.82. The molecule has 2 aromatic carbocycles. The lowest BCUT2D eigenvalue weighted by Crippen LogP contribution is -2.45. The van der Waals surface area contributed by atoms with Crippen LogP contribution >= 0.6 is 0 Å². The van der Waals surface area contributed by atoms with Crippen molar-refractivity contribution in [1.29, 1.82) is 0 Å². The summed E-state index contributed by atoms with van der Waals surface area (Å²) in [6.45, 7) is 13.4. The minimum absolute atomic E-state index is 0.232. The van der Waals surface area contributed by atoms with Gasteiger partial charge in [-0.3, -0.25) is 4.99 Å². The van der Waals surface area contributed by atoms with Crippen LogP contribution in [0.1, 0.15) is 48.6 Å². The predicted octanol–water partition coefficient (Wildman–Crippen LogP) is 5.88. The van der Waals surface area contributed by atoms with E-state index in [4.69, 9.17) is 4.99 Å². The van der Waals surface area contributed by atoms with Crippen LogP contribution in [0.15, 0.2) is 35.3 Å². The highest BCUT2D eigenvalue weighted by molar-refractivity contribution is 5.90. The first-order valence-electron chi connectivity index (χ1n) is 9.23. The second kappa shape index (κ2) is 6.33. The maximum absolute atomic E-state index is 4.96. The Kier molecular flexibility index (Phi) is 4.49. The van der Waals surface area contributed by atoms with Gasteiger partial charge in [-0.15, -0.1) is 0 Å². The zero-order valence-electron chi connectivity index (χ0n) is 16.6. The molecule has 3 rings (SSSR count). The Morgan fingerprint density at radius 2 is 1.84 bits per heavy atom. The van der Waals surface area contributed by atoms with Crippen molar-refractivity contribution in [3.8, 4) is 0 Å². The number of hydrogen-bond donors (Lipinski definition) is 0. The number of aryl methyl sites for hydroxylation is 2. The van der Waals surface area contributed by atoms with Crippen LogP contribution in [0.3, 0.4) is 0 Å². The van der Waals surface area contributed by atoms with Gasteiger partial charge in [0.15, 0.2) is 0 Å². The van der Waals surface area contributed by atoms with Crippen molar-refractivity contribution in [2.75, 3.05) is 11.9 Å². The number of anilines is 1. The Labute approximate surface area is 152 Å². The van der Waals surface area contributed by atoms with Gasteiger partial charge in [0.05, 0.1) is 16.9 Å². The highest BCUT2D eigenvalue weighted by Gasteiger charge is 2.36. The van der Waals surface area contributed by atoms with E-state index in [2.05, 4.69) is 90.0 Å². The third-order valence-electron chi connectivity index (χ3n) is 5.59. The number of nitrogens with zero attached hydrogens (tertiary/aromatic N) is 2. The van der Waals surface area contributed by atoms with Crippen LogP contribution in [0.2, 0.25) is 0 Å². The van der Waals surface area contributed by atoms with Crippen LogP contribution in [0.25, 0.3) is 0 Å². The average Bonchev–Trinajstić information content (AvgIpc) is 2.54. The van der Waals surface area contributed by atoms with Crippen molar-refractivity contribution < 1.29 is 0 Å². The molecular weight excluding hydrogens is 304 g/mol. The highest BCUT2D eigenvalue weighted by atomic mass is 15.2. The normalized spacial score (nSPS) is 19.4. The molecule has 0 aliphatic carbocycles. The fourth-order valence-electron chi connectivity index (χ4n) is 3.94. The van der Waals surface area contributed by atoms with Gasteiger partial charge in [0.25, 0.3) is 0 Å². The van der Waals surface area contributed by atoms with E-state index in [1.807, 2.05) is 0 Å². The molecule has 0 amide bonds. The number of fused-ring (bicyclic) bond motifs is 1. The molecule has 1 unspecified atom stereocenters. The predicted molar refractivity (Wildman–Crippen MR) is 110 cm³/mol. The molecule has 2 heteroatoms.